The molecule has 1 aromatic heterocycles. The van der Waals surface area contributed by atoms with Crippen LogP contribution in [0.1, 0.15) is 5.69 Å². The van der Waals surface area contributed by atoms with E-state index in [1.807, 2.05) is 24.3 Å². The van der Waals surface area contributed by atoms with Crippen LogP contribution < -0.4 is 11.1 Å². The Kier molecular flexibility index (Phi) is 6.48. The van der Waals surface area contributed by atoms with Gasteiger partial charge in [-0.25, -0.2) is 0 Å². The second-order valence-corrected chi connectivity index (χ2v) is 5.76. The lowest BCUT2D eigenvalue weighted by Gasteiger charge is -2.06. The average Bonchev–Trinajstić information content (AvgIpc) is 2.90. The van der Waals surface area contributed by atoms with Gasteiger partial charge < -0.3 is 16.0 Å². The third-order valence-corrected chi connectivity index (χ3v) is 4.01. The SMILES string of the molecule is Cl.NCCNCCc1[nH]c2ccc(Cl)cc2c1-c1ccccc1. The maximum absolute atomic E-state index is 6.19. The van der Waals surface area contributed by atoms with Crippen molar-refractivity contribution in [3.8, 4) is 11.1 Å². The lowest BCUT2D eigenvalue weighted by atomic mass is 10.0. The van der Waals surface area contributed by atoms with Crippen molar-refractivity contribution in [3.05, 3.63) is 59.2 Å². The molecule has 0 aliphatic heterocycles. The van der Waals surface area contributed by atoms with E-state index in [0.717, 1.165) is 30.0 Å². The van der Waals surface area contributed by atoms with Crippen molar-refractivity contribution in [2.45, 2.75) is 6.42 Å². The van der Waals surface area contributed by atoms with Crippen LogP contribution in [0.3, 0.4) is 0 Å². The number of fused-ring (bicyclic) bond motifs is 1. The Labute approximate surface area is 147 Å². The normalized spacial score (nSPS) is 10.7. The molecule has 5 heteroatoms. The van der Waals surface area contributed by atoms with Crippen molar-refractivity contribution < 1.29 is 0 Å². The van der Waals surface area contributed by atoms with Gasteiger partial charge in [-0.05, 0) is 23.8 Å². The summed E-state index contributed by atoms with van der Waals surface area (Å²) in [7, 11) is 0. The van der Waals surface area contributed by atoms with Gasteiger partial charge in [0.15, 0.2) is 0 Å². The first-order valence-electron chi connectivity index (χ1n) is 7.56. The van der Waals surface area contributed by atoms with Crippen molar-refractivity contribution in [2.75, 3.05) is 19.6 Å². The smallest absolute Gasteiger partial charge is 0.0463 e. The van der Waals surface area contributed by atoms with Gasteiger partial charge in [0.25, 0.3) is 0 Å². The number of halogens is 2. The molecule has 0 amide bonds. The molecule has 3 aromatic rings. The van der Waals surface area contributed by atoms with E-state index < -0.39 is 0 Å². The van der Waals surface area contributed by atoms with Crippen molar-refractivity contribution in [3.63, 3.8) is 0 Å². The van der Waals surface area contributed by atoms with Gasteiger partial charge in [0.2, 0.25) is 0 Å². The highest BCUT2D eigenvalue weighted by Gasteiger charge is 2.13. The molecule has 2 aromatic carbocycles. The first-order chi connectivity index (χ1) is 10.8. The zero-order valence-electron chi connectivity index (χ0n) is 12.8. The molecule has 0 aliphatic rings. The van der Waals surface area contributed by atoms with Crippen molar-refractivity contribution in [1.82, 2.24) is 10.3 Å². The zero-order valence-corrected chi connectivity index (χ0v) is 14.4. The maximum Gasteiger partial charge on any atom is 0.0463 e. The Bertz CT molecular complexity index is 754. The summed E-state index contributed by atoms with van der Waals surface area (Å²) < 4.78 is 0. The van der Waals surface area contributed by atoms with Crippen LogP contribution in [0.2, 0.25) is 5.02 Å². The molecule has 0 aliphatic carbocycles. The van der Waals surface area contributed by atoms with Gasteiger partial charge in [-0.2, -0.15) is 0 Å². The molecule has 3 nitrogen and oxygen atoms in total. The highest BCUT2D eigenvalue weighted by molar-refractivity contribution is 6.31. The second-order valence-electron chi connectivity index (χ2n) is 5.32. The standard InChI is InChI=1S/C18H20ClN3.ClH/c19-14-6-7-16-15(12-14)18(13-4-2-1-3-5-13)17(22-16)8-10-21-11-9-20;/h1-7,12,21-22H,8-11,20H2;1H. The monoisotopic (exact) mass is 349 g/mol. The molecule has 0 atom stereocenters. The summed E-state index contributed by atoms with van der Waals surface area (Å²) in [6.45, 7) is 2.40. The number of benzene rings is 2. The first-order valence-corrected chi connectivity index (χ1v) is 7.93. The minimum Gasteiger partial charge on any atom is -0.358 e. The molecule has 0 unspecified atom stereocenters. The van der Waals surface area contributed by atoms with Crippen molar-refractivity contribution in [1.29, 1.82) is 0 Å². The third kappa shape index (κ3) is 4.06. The summed E-state index contributed by atoms with van der Waals surface area (Å²) in [5.41, 5.74) is 10.3. The van der Waals surface area contributed by atoms with Crippen LogP contribution in [0.25, 0.3) is 22.0 Å². The molecule has 4 N–H and O–H groups in total. The minimum atomic E-state index is 0. The van der Waals surface area contributed by atoms with Gasteiger partial charge in [0, 0.05) is 53.2 Å². The zero-order chi connectivity index (χ0) is 15.4. The number of aromatic nitrogens is 1. The van der Waals surface area contributed by atoms with Crippen molar-refractivity contribution in [2.24, 2.45) is 5.73 Å². The van der Waals surface area contributed by atoms with E-state index in [1.54, 1.807) is 0 Å². The number of nitrogens with two attached hydrogens (primary N) is 1. The first kappa shape index (κ1) is 17.8. The van der Waals surface area contributed by atoms with Gasteiger partial charge in [0.1, 0.15) is 0 Å². The predicted octanol–water partition coefficient (Wildman–Crippen LogP) is 4.00. The summed E-state index contributed by atoms with van der Waals surface area (Å²) in [5, 5.41) is 5.28. The van der Waals surface area contributed by atoms with Crippen LogP contribution >= 0.6 is 24.0 Å². The van der Waals surface area contributed by atoms with Crippen LogP contribution in [0.15, 0.2) is 48.5 Å². The Morgan fingerprint density at radius 2 is 1.83 bits per heavy atom. The highest BCUT2D eigenvalue weighted by Crippen LogP contribution is 2.34. The Balaban J connectivity index is 0.00000192. The molecule has 122 valence electrons. The Morgan fingerprint density at radius 3 is 2.57 bits per heavy atom. The van der Waals surface area contributed by atoms with Gasteiger partial charge in [-0.1, -0.05) is 41.9 Å². The molecule has 1 heterocycles. The molecule has 0 fully saturated rings. The Hall–Kier alpha value is -1.52. The molecular weight excluding hydrogens is 329 g/mol. The van der Waals surface area contributed by atoms with E-state index in [2.05, 4.69) is 34.6 Å². The number of aromatic amines is 1. The molecule has 0 bridgehead atoms. The quantitative estimate of drug-likeness (QED) is 0.589. The van der Waals surface area contributed by atoms with Crippen LogP contribution in [0.5, 0.6) is 0 Å². The molecule has 0 saturated heterocycles. The van der Waals surface area contributed by atoms with Crippen LogP contribution in [-0.4, -0.2) is 24.6 Å². The molecule has 0 radical (unpaired) electrons. The van der Waals surface area contributed by atoms with E-state index in [9.17, 15) is 0 Å². The van der Waals surface area contributed by atoms with Gasteiger partial charge in [-0.15, -0.1) is 12.4 Å². The topological polar surface area (TPSA) is 53.8 Å². The van der Waals surface area contributed by atoms with E-state index in [1.165, 1.54) is 22.2 Å². The minimum absolute atomic E-state index is 0. The largest absolute Gasteiger partial charge is 0.358 e. The van der Waals surface area contributed by atoms with E-state index in [0.29, 0.717) is 6.54 Å². The van der Waals surface area contributed by atoms with Crippen LogP contribution in [0, 0.1) is 0 Å². The van der Waals surface area contributed by atoms with Crippen LogP contribution in [-0.2, 0) is 6.42 Å². The fourth-order valence-electron chi connectivity index (χ4n) is 2.78. The molecule has 23 heavy (non-hydrogen) atoms. The molecule has 0 spiro atoms. The lowest BCUT2D eigenvalue weighted by Crippen LogP contribution is -2.24. The number of nitrogens with one attached hydrogen (secondary N) is 2. The highest BCUT2D eigenvalue weighted by atomic mass is 35.5. The van der Waals surface area contributed by atoms with E-state index in [4.69, 9.17) is 17.3 Å². The fourth-order valence-corrected chi connectivity index (χ4v) is 2.95. The van der Waals surface area contributed by atoms with Crippen molar-refractivity contribution >= 4 is 34.9 Å². The lowest BCUT2D eigenvalue weighted by molar-refractivity contribution is 0.685. The van der Waals surface area contributed by atoms with Crippen LogP contribution in [0.4, 0.5) is 0 Å². The van der Waals surface area contributed by atoms with Gasteiger partial charge >= 0.3 is 0 Å². The predicted molar refractivity (Wildman–Crippen MR) is 102 cm³/mol. The number of rotatable bonds is 6. The van der Waals surface area contributed by atoms with Gasteiger partial charge in [0.05, 0.1) is 0 Å². The fraction of sp³-hybridized carbons (Fsp3) is 0.222. The summed E-state index contributed by atoms with van der Waals surface area (Å²) in [6, 6.07) is 16.4. The van der Waals surface area contributed by atoms with E-state index >= 15 is 0 Å². The summed E-state index contributed by atoms with van der Waals surface area (Å²) in [4.78, 5) is 3.54. The summed E-state index contributed by atoms with van der Waals surface area (Å²) in [5.74, 6) is 0. The molecule has 3 rings (SSSR count). The summed E-state index contributed by atoms with van der Waals surface area (Å²) in [6.07, 6.45) is 0.927. The molecule has 0 saturated carbocycles. The van der Waals surface area contributed by atoms with Gasteiger partial charge in [-0.3, -0.25) is 0 Å². The van der Waals surface area contributed by atoms with E-state index in [-0.39, 0.29) is 12.4 Å². The molecular formula is C18H21Cl2N3. The second kappa shape index (κ2) is 8.37. The Morgan fingerprint density at radius 1 is 1.04 bits per heavy atom. The number of hydrogen-bond acceptors (Lipinski definition) is 2. The maximum atomic E-state index is 6.19. The number of H-pyrrole nitrogens is 1. The third-order valence-electron chi connectivity index (χ3n) is 3.77. The summed E-state index contributed by atoms with van der Waals surface area (Å²) >= 11 is 6.19. The number of hydrogen-bond donors (Lipinski definition) is 3. The average molecular weight is 350 g/mol.